The molecule has 0 unspecified atom stereocenters. The fourth-order valence-electron chi connectivity index (χ4n) is 1.74. The minimum Gasteiger partial charge on any atom is -0.487 e. The van der Waals surface area contributed by atoms with Crippen LogP contribution in [0.5, 0.6) is 5.75 Å². The first-order valence-corrected chi connectivity index (χ1v) is 6.10. The van der Waals surface area contributed by atoms with Gasteiger partial charge in [-0.3, -0.25) is 4.68 Å². The molecule has 0 atom stereocenters. The van der Waals surface area contributed by atoms with Gasteiger partial charge in [0.25, 0.3) is 0 Å². The lowest BCUT2D eigenvalue weighted by Crippen LogP contribution is -2.02. The molecule has 19 heavy (non-hydrogen) atoms. The highest BCUT2D eigenvalue weighted by molar-refractivity contribution is 5.38. The molecule has 0 aliphatic carbocycles. The van der Waals surface area contributed by atoms with Gasteiger partial charge in [0.15, 0.2) is 0 Å². The van der Waals surface area contributed by atoms with Crippen molar-refractivity contribution < 1.29 is 4.74 Å². The maximum atomic E-state index is 5.71. The Balaban J connectivity index is 1.98. The minimum absolute atomic E-state index is 0.373. The molecule has 0 spiro atoms. The average molecular weight is 255 g/mol. The fraction of sp³-hybridized carbons (Fsp3) is 0.267. The van der Waals surface area contributed by atoms with Crippen molar-refractivity contribution in [3.8, 4) is 17.6 Å². The van der Waals surface area contributed by atoms with Crippen LogP contribution in [0.15, 0.2) is 30.3 Å². The predicted molar refractivity (Wildman–Crippen MR) is 74.7 cm³/mol. The first-order chi connectivity index (χ1) is 9.19. The summed E-state index contributed by atoms with van der Waals surface area (Å²) >= 11 is 0. The summed E-state index contributed by atoms with van der Waals surface area (Å²) in [6.07, 6.45) is 0. The van der Waals surface area contributed by atoms with Gasteiger partial charge in [0.2, 0.25) is 0 Å². The summed E-state index contributed by atoms with van der Waals surface area (Å²) in [5.74, 6) is 6.61. The molecule has 1 heterocycles. The van der Waals surface area contributed by atoms with E-state index in [1.54, 1.807) is 0 Å². The molecular formula is C15H17N3O. The van der Waals surface area contributed by atoms with E-state index < -0.39 is 0 Å². The molecule has 0 radical (unpaired) electrons. The third kappa shape index (κ3) is 3.60. The summed E-state index contributed by atoms with van der Waals surface area (Å²) in [5, 5.41) is 4.28. The molecule has 0 saturated carbocycles. The van der Waals surface area contributed by atoms with E-state index in [2.05, 4.69) is 16.9 Å². The molecule has 1 aromatic heterocycles. The van der Waals surface area contributed by atoms with E-state index in [1.807, 2.05) is 49.0 Å². The largest absolute Gasteiger partial charge is 0.487 e. The van der Waals surface area contributed by atoms with Gasteiger partial charge in [0, 0.05) is 12.6 Å². The molecule has 2 N–H and O–H groups in total. The van der Waals surface area contributed by atoms with Gasteiger partial charge in [-0.1, -0.05) is 11.8 Å². The van der Waals surface area contributed by atoms with Crippen molar-refractivity contribution in [3.63, 3.8) is 0 Å². The quantitative estimate of drug-likeness (QED) is 0.848. The van der Waals surface area contributed by atoms with Crippen molar-refractivity contribution in [2.45, 2.75) is 13.5 Å². The van der Waals surface area contributed by atoms with Crippen molar-refractivity contribution in [2.75, 3.05) is 6.54 Å². The number of nitrogens with zero attached hydrogens (tertiary/aromatic N) is 2. The molecular weight excluding hydrogens is 238 g/mol. The van der Waals surface area contributed by atoms with E-state index in [1.165, 1.54) is 0 Å². The third-order valence-corrected chi connectivity index (χ3v) is 2.67. The van der Waals surface area contributed by atoms with Crippen LogP contribution in [-0.4, -0.2) is 16.3 Å². The molecule has 1 aromatic carbocycles. The molecule has 2 rings (SSSR count). The van der Waals surface area contributed by atoms with Crippen LogP contribution in [0.2, 0.25) is 0 Å². The molecule has 98 valence electrons. The van der Waals surface area contributed by atoms with E-state index in [-0.39, 0.29) is 0 Å². The molecule has 2 aromatic rings. The van der Waals surface area contributed by atoms with Crippen LogP contribution < -0.4 is 10.5 Å². The van der Waals surface area contributed by atoms with Crippen LogP contribution in [0.3, 0.4) is 0 Å². The van der Waals surface area contributed by atoms with E-state index in [0.29, 0.717) is 13.2 Å². The zero-order valence-corrected chi connectivity index (χ0v) is 11.2. The van der Waals surface area contributed by atoms with Crippen LogP contribution in [0.25, 0.3) is 0 Å². The van der Waals surface area contributed by atoms with Gasteiger partial charge < -0.3 is 10.5 Å². The van der Waals surface area contributed by atoms with Gasteiger partial charge in [-0.25, -0.2) is 0 Å². The van der Waals surface area contributed by atoms with E-state index in [4.69, 9.17) is 10.5 Å². The second kappa shape index (κ2) is 6.07. The Morgan fingerprint density at radius 2 is 2.05 bits per heavy atom. The average Bonchev–Trinajstić information content (AvgIpc) is 2.73. The Labute approximate surface area is 113 Å². The summed E-state index contributed by atoms with van der Waals surface area (Å²) in [4.78, 5) is 0. The maximum Gasteiger partial charge on any atom is 0.130 e. The van der Waals surface area contributed by atoms with Crippen molar-refractivity contribution in [1.82, 2.24) is 9.78 Å². The molecule has 4 nitrogen and oxygen atoms in total. The van der Waals surface area contributed by atoms with Crippen molar-refractivity contribution in [2.24, 2.45) is 12.8 Å². The number of hydrogen-bond donors (Lipinski definition) is 1. The Morgan fingerprint density at radius 3 is 2.63 bits per heavy atom. The predicted octanol–water partition coefficient (Wildman–Crippen LogP) is 1.62. The van der Waals surface area contributed by atoms with Gasteiger partial charge in [-0.15, -0.1) is 0 Å². The summed E-state index contributed by atoms with van der Waals surface area (Å²) in [6, 6.07) is 9.67. The molecule has 0 bridgehead atoms. The zero-order valence-electron chi connectivity index (χ0n) is 11.2. The lowest BCUT2D eigenvalue weighted by atomic mass is 10.2. The number of aromatic nitrogens is 2. The summed E-state index contributed by atoms with van der Waals surface area (Å²) < 4.78 is 7.54. The van der Waals surface area contributed by atoms with Crippen LogP contribution in [-0.2, 0) is 13.7 Å². The smallest absolute Gasteiger partial charge is 0.130 e. The molecule has 0 aliphatic rings. The number of ether oxygens (including phenoxy) is 1. The zero-order chi connectivity index (χ0) is 13.7. The molecule has 0 saturated heterocycles. The lowest BCUT2D eigenvalue weighted by Gasteiger charge is -2.06. The summed E-state index contributed by atoms with van der Waals surface area (Å²) in [7, 11) is 1.91. The number of nitrogens with two attached hydrogens (primary N) is 1. The van der Waals surface area contributed by atoms with Gasteiger partial charge in [-0.2, -0.15) is 5.10 Å². The van der Waals surface area contributed by atoms with Crippen LogP contribution in [0.4, 0.5) is 0 Å². The Morgan fingerprint density at radius 1 is 1.32 bits per heavy atom. The number of aryl methyl sites for hydroxylation is 2. The molecule has 0 fully saturated rings. The lowest BCUT2D eigenvalue weighted by molar-refractivity contribution is 0.295. The molecule has 0 amide bonds. The number of hydrogen-bond acceptors (Lipinski definition) is 3. The second-order valence-electron chi connectivity index (χ2n) is 4.22. The Bertz CT molecular complexity index is 603. The van der Waals surface area contributed by atoms with Crippen LogP contribution >= 0.6 is 0 Å². The van der Waals surface area contributed by atoms with Crippen molar-refractivity contribution in [3.05, 3.63) is 47.3 Å². The normalized spacial score (nSPS) is 9.84. The topological polar surface area (TPSA) is 53.1 Å². The Kier molecular flexibility index (Phi) is 4.22. The number of benzene rings is 1. The van der Waals surface area contributed by atoms with Crippen molar-refractivity contribution in [1.29, 1.82) is 0 Å². The highest BCUT2D eigenvalue weighted by Crippen LogP contribution is 2.14. The first kappa shape index (κ1) is 13.2. The van der Waals surface area contributed by atoms with E-state index >= 15 is 0 Å². The highest BCUT2D eigenvalue weighted by atomic mass is 16.5. The van der Waals surface area contributed by atoms with E-state index in [0.717, 1.165) is 22.7 Å². The van der Waals surface area contributed by atoms with Crippen LogP contribution in [0.1, 0.15) is 17.0 Å². The standard InChI is InChI=1S/C15H17N3O/c1-12-10-14(18(2)17-12)11-19-15-7-5-13(6-8-15)4-3-9-16/h5-8,10H,9,11,16H2,1-2H3. The van der Waals surface area contributed by atoms with Crippen molar-refractivity contribution >= 4 is 0 Å². The minimum atomic E-state index is 0.373. The Hall–Kier alpha value is -2.25. The second-order valence-corrected chi connectivity index (χ2v) is 4.22. The SMILES string of the molecule is Cc1cc(COc2ccc(C#CCN)cc2)n(C)n1. The molecule has 4 heteroatoms. The highest BCUT2D eigenvalue weighted by Gasteiger charge is 2.02. The maximum absolute atomic E-state index is 5.71. The summed E-state index contributed by atoms with van der Waals surface area (Å²) in [6.45, 7) is 2.84. The van der Waals surface area contributed by atoms with Gasteiger partial charge >= 0.3 is 0 Å². The van der Waals surface area contributed by atoms with E-state index in [9.17, 15) is 0 Å². The monoisotopic (exact) mass is 255 g/mol. The van der Waals surface area contributed by atoms with Gasteiger partial charge in [0.05, 0.1) is 17.9 Å². The fourth-order valence-corrected chi connectivity index (χ4v) is 1.74. The van der Waals surface area contributed by atoms with Crippen LogP contribution in [0, 0.1) is 18.8 Å². The number of rotatable bonds is 3. The van der Waals surface area contributed by atoms with Gasteiger partial charge in [-0.05, 0) is 37.3 Å². The summed E-state index contributed by atoms with van der Waals surface area (Å²) in [5.41, 5.74) is 8.31. The van der Waals surface area contributed by atoms with Gasteiger partial charge in [0.1, 0.15) is 12.4 Å². The third-order valence-electron chi connectivity index (χ3n) is 2.67. The molecule has 0 aliphatic heterocycles. The first-order valence-electron chi connectivity index (χ1n) is 6.10.